The van der Waals surface area contributed by atoms with E-state index in [1.54, 1.807) is 12.1 Å². The molecule has 2 aromatic rings. The predicted molar refractivity (Wildman–Crippen MR) is 87.3 cm³/mol. The van der Waals surface area contributed by atoms with Gasteiger partial charge >= 0.3 is 5.97 Å². The molecular formula is C17H15NO7. The number of rotatable bonds is 7. The minimum Gasteiger partial charge on any atom is -0.497 e. The number of ketones is 1. The molecule has 0 unspecified atom stereocenters. The second-order valence-electron chi connectivity index (χ2n) is 4.87. The van der Waals surface area contributed by atoms with Crippen LogP contribution in [0.4, 0.5) is 5.69 Å². The van der Waals surface area contributed by atoms with Gasteiger partial charge in [-0.2, -0.15) is 0 Å². The van der Waals surface area contributed by atoms with Gasteiger partial charge in [-0.05, 0) is 24.3 Å². The van der Waals surface area contributed by atoms with Gasteiger partial charge in [-0.25, -0.2) is 4.79 Å². The van der Waals surface area contributed by atoms with Crippen LogP contribution in [0.1, 0.15) is 20.7 Å². The highest BCUT2D eigenvalue weighted by atomic mass is 16.6. The number of hydrogen-bond acceptors (Lipinski definition) is 7. The van der Waals surface area contributed by atoms with Crippen molar-refractivity contribution in [3.05, 3.63) is 63.7 Å². The minimum atomic E-state index is -0.834. The average Bonchev–Trinajstić information content (AvgIpc) is 2.65. The van der Waals surface area contributed by atoms with Gasteiger partial charge in [-0.3, -0.25) is 14.9 Å². The minimum absolute atomic E-state index is 0.0143. The van der Waals surface area contributed by atoms with Crippen molar-refractivity contribution >= 4 is 17.4 Å². The van der Waals surface area contributed by atoms with Gasteiger partial charge in [-0.15, -0.1) is 0 Å². The van der Waals surface area contributed by atoms with E-state index in [2.05, 4.69) is 0 Å². The Bertz CT molecular complexity index is 816. The Morgan fingerprint density at radius 3 is 2.48 bits per heavy atom. The smallest absolute Gasteiger partial charge is 0.338 e. The largest absolute Gasteiger partial charge is 0.497 e. The van der Waals surface area contributed by atoms with Crippen molar-refractivity contribution < 1.29 is 28.7 Å². The Labute approximate surface area is 143 Å². The molecule has 0 aliphatic heterocycles. The fraction of sp³-hybridized carbons (Fsp3) is 0.176. The maximum Gasteiger partial charge on any atom is 0.338 e. The van der Waals surface area contributed by atoms with Crippen LogP contribution < -0.4 is 9.47 Å². The van der Waals surface area contributed by atoms with E-state index in [1.165, 1.54) is 38.5 Å². The lowest BCUT2D eigenvalue weighted by Gasteiger charge is -2.10. The summed E-state index contributed by atoms with van der Waals surface area (Å²) in [6.07, 6.45) is 0. The summed E-state index contributed by atoms with van der Waals surface area (Å²) in [5, 5.41) is 10.7. The quantitative estimate of drug-likeness (QED) is 0.329. The van der Waals surface area contributed by atoms with Crippen LogP contribution in [0.3, 0.4) is 0 Å². The number of nitro groups is 1. The molecule has 0 amide bonds. The maximum absolute atomic E-state index is 12.3. The van der Waals surface area contributed by atoms with Crippen LogP contribution in [0.5, 0.6) is 11.5 Å². The molecule has 0 fully saturated rings. The van der Waals surface area contributed by atoms with E-state index in [0.717, 1.165) is 6.07 Å². The zero-order valence-corrected chi connectivity index (χ0v) is 13.6. The Kier molecular flexibility index (Phi) is 5.67. The van der Waals surface area contributed by atoms with Crippen LogP contribution >= 0.6 is 0 Å². The summed E-state index contributed by atoms with van der Waals surface area (Å²) in [6, 6.07) is 9.73. The lowest BCUT2D eigenvalue weighted by molar-refractivity contribution is -0.384. The van der Waals surface area contributed by atoms with Crippen molar-refractivity contribution in [2.45, 2.75) is 0 Å². The fourth-order valence-corrected chi connectivity index (χ4v) is 2.07. The number of nitro benzene ring substituents is 1. The molecule has 130 valence electrons. The van der Waals surface area contributed by atoms with E-state index in [0.29, 0.717) is 11.5 Å². The Morgan fingerprint density at radius 2 is 1.84 bits per heavy atom. The normalized spacial score (nSPS) is 10.0. The molecule has 0 aliphatic carbocycles. The van der Waals surface area contributed by atoms with Gasteiger partial charge in [0, 0.05) is 12.1 Å². The number of carbonyl (C=O) groups is 2. The molecule has 8 heteroatoms. The van der Waals surface area contributed by atoms with E-state index < -0.39 is 23.3 Å². The zero-order chi connectivity index (χ0) is 18.4. The second-order valence-corrected chi connectivity index (χ2v) is 4.87. The van der Waals surface area contributed by atoms with E-state index >= 15 is 0 Å². The van der Waals surface area contributed by atoms with Gasteiger partial charge in [0.1, 0.15) is 11.5 Å². The number of esters is 1. The number of Topliss-reactive ketones (excluding diaryl/α,β-unsaturated/α-hetero) is 1. The molecule has 0 saturated heterocycles. The van der Waals surface area contributed by atoms with E-state index in [4.69, 9.17) is 14.2 Å². The molecule has 0 N–H and O–H groups in total. The highest BCUT2D eigenvalue weighted by Crippen LogP contribution is 2.24. The number of methoxy groups -OCH3 is 2. The van der Waals surface area contributed by atoms with Crippen LogP contribution in [-0.4, -0.2) is 37.5 Å². The summed E-state index contributed by atoms with van der Waals surface area (Å²) in [5.74, 6) is -0.556. The first-order valence-electron chi connectivity index (χ1n) is 7.13. The summed E-state index contributed by atoms with van der Waals surface area (Å²) in [6.45, 7) is -0.537. The van der Waals surface area contributed by atoms with Gasteiger partial charge in [0.2, 0.25) is 5.78 Å². The van der Waals surface area contributed by atoms with Gasteiger partial charge in [0.25, 0.3) is 5.69 Å². The van der Waals surface area contributed by atoms with E-state index in [1.807, 2.05) is 0 Å². The molecule has 0 atom stereocenters. The molecule has 0 saturated carbocycles. The Balaban J connectivity index is 2.10. The Morgan fingerprint density at radius 1 is 1.08 bits per heavy atom. The summed E-state index contributed by atoms with van der Waals surface area (Å²) < 4.78 is 15.1. The highest BCUT2D eigenvalue weighted by Gasteiger charge is 2.18. The lowest BCUT2D eigenvalue weighted by atomic mass is 10.1. The van der Waals surface area contributed by atoms with Crippen LogP contribution in [0.25, 0.3) is 0 Å². The maximum atomic E-state index is 12.3. The van der Waals surface area contributed by atoms with Crippen molar-refractivity contribution in [3.8, 4) is 11.5 Å². The van der Waals surface area contributed by atoms with Crippen LogP contribution in [0, 0.1) is 10.1 Å². The third kappa shape index (κ3) is 4.31. The van der Waals surface area contributed by atoms with Crippen molar-refractivity contribution in [2.75, 3.05) is 20.8 Å². The van der Waals surface area contributed by atoms with Crippen LogP contribution in [-0.2, 0) is 4.74 Å². The van der Waals surface area contributed by atoms with Crippen molar-refractivity contribution in [1.82, 2.24) is 0 Å². The molecule has 2 rings (SSSR count). The summed E-state index contributed by atoms with van der Waals surface area (Å²) in [4.78, 5) is 34.4. The average molecular weight is 345 g/mol. The van der Waals surface area contributed by atoms with Gasteiger partial charge < -0.3 is 14.2 Å². The number of ether oxygens (including phenoxy) is 3. The first kappa shape index (κ1) is 17.9. The van der Waals surface area contributed by atoms with E-state index in [9.17, 15) is 19.7 Å². The lowest BCUT2D eigenvalue weighted by Crippen LogP contribution is -2.15. The predicted octanol–water partition coefficient (Wildman–Crippen LogP) is 2.65. The number of benzene rings is 2. The van der Waals surface area contributed by atoms with Crippen molar-refractivity contribution in [3.63, 3.8) is 0 Å². The molecule has 25 heavy (non-hydrogen) atoms. The topological polar surface area (TPSA) is 105 Å². The summed E-state index contributed by atoms with van der Waals surface area (Å²) in [5.41, 5.74) is -0.0523. The summed E-state index contributed by atoms with van der Waals surface area (Å²) in [7, 11) is 2.87. The van der Waals surface area contributed by atoms with E-state index in [-0.39, 0.29) is 16.8 Å². The number of nitrogens with zero attached hydrogens (tertiary/aromatic N) is 1. The molecule has 0 aromatic heterocycles. The first-order valence-corrected chi connectivity index (χ1v) is 7.13. The molecule has 2 aromatic carbocycles. The molecule has 0 radical (unpaired) electrons. The molecular weight excluding hydrogens is 330 g/mol. The third-order valence-electron chi connectivity index (χ3n) is 3.33. The van der Waals surface area contributed by atoms with Crippen molar-refractivity contribution in [2.24, 2.45) is 0 Å². The monoisotopic (exact) mass is 345 g/mol. The fourth-order valence-electron chi connectivity index (χ4n) is 2.07. The van der Waals surface area contributed by atoms with Crippen LogP contribution in [0.2, 0.25) is 0 Å². The molecule has 8 nitrogen and oxygen atoms in total. The Hall–Kier alpha value is -3.42. The third-order valence-corrected chi connectivity index (χ3v) is 3.33. The number of non-ortho nitro benzene ring substituents is 1. The SMILES string of the molecule is COc1ccc(OC)c(C(=O)COC(=O)c2cccc([N+](=O)[O-])c2)c1. The molecule has 0 heterocycles. The number of carbonyl (C=O) groups excluding carboxylic acids is 2. The molecule has 0 bridgehead atoms. The molecule has 0 spiro atoms. The first-order chi connectivity index (χ1) is 12.0. The standard InChI is InChI=1S/C17H15NO7/c1-23-13-6-7-16(24-2)14(9-13)15(19)10-25-17(20)11-4-3-5-12(8-11)18(21)22/h3-9H,10H2,1-2H3. The molecule has 0 aliphatic rings. The highest BCUT2D eigenvalue weighted by molar-refractivity contribution is 6.01. The summed E-state index contributed by atoms with van der Waals surface area (Å²) >= 11 is 0. The van der Waals surface area contributed by atoms with Crippen molar-refractivity contribution in [1.29, 1.82) is 0 Å². The zero-order valence-electron chi connectivity index (χ0n) is 13.6. The van der Waals surface area contributed by atoms with Gasteiger partial charge in [0.05, 0.1) is 30.3 Å². The second kappa shape index (κ2) is 7.91. The van der Waals surface area contributed by atoms with Gasteiger partial charge in [0.15, 0.2) is 6.61 Å². The van der Waals surface area contributed by atoms with Gasteiger partial charge in [-0.1, -0.05) is 6.07 Å². The number of hydrogen-bond donors (Lipinski definition) is 0. The van der Waals surface area contributed by atoms with Crippen LogP contribution in [0.15, 0.2) is 42.5 Å².